The standard InChI is InChI=1S/C19H27N3O2/c1-24-18(23)5-3-12-22-13-10-15(14-22)6-8-17-9-7-16-4-2-11-20-19(16)21-17/h3,5,7,9,15H,2,4,6,8,10-14H2,1H3,(H,20,21)/b5-3+/t15-/m1/s1. The van der Waals surface area contributed by atoms with Gasteiger partial charge < -0.3 is 10.1 Å². The fraction of sp³-hybridized carbons (Fsp3) is 0.579. The second kappa shape index (κ2) is 8.29. The second-order valence-corrected chi connectivity index (χ2v) is 6.72. The number of nitrogens with one attached hydrogen (secondary N) is 1. The predicted molar refractivity (Wildman–Crippen MR) is 95.1 cm³/mol. The Bertz CT molecular complexity index is 600. The van der Waals surface area contributed by atoms with Crippen molar-refractivity contribution < 1.29 is 9.53 Å². The lowest BCUT2D eigenvalue weighted by atomic mass is 10.00. The van der Waals surface area contributed by atoms with E-state index in [1.807, 2.05) is 6.08 Å². The summed E-state index contributed by atoms with van der Waals surface area (Å²) in [7, 11) is 1.41. The normalized spacial score (nSPS) is 20.8. The summed E-state index contributed by atoms with van der Waals surface area (Å²) < 4.78 is 4.61. The molecule has 3 rings (SSSR count). The number of aryl methyl sites for hydroxylation is 2. The van der Waals surface area contributed by atoms with Gasteiger partial charge in [-0.2, -0.15) is 0 Å². The van der Waals surface area contributed by atoms with Crippen molar-refractivity contribution in [1.82, 2.24) is 9.88 Å². The number of likely N-dealkylation sites (tertiary alicyclic amines) is 1. The van der Waals surface area contributed by atoms with Gasteiger partial charge in [0.15, 0.2) is 0 Å². The van der Waals surface area contributed by atoms with Gasteiger partial charge in [0, 0.05) is 31.4 Å². The van der Waals surface area contributed by atoms with Crippen molar-refractivity contribution in [1.29, 1.82) is 0 Å². The van der Waals surface area contributed by atoms with Gasteiger partial charge in [-0.1, -0.05) is 12.1 Å². The van der Waals surface area contributed by atoms with E-state index in [2.05, 4.69) is 27.1 Å². The van der Waals surface area contributed by atoms with Crippen LogP contribution in [-0.2, 0) is 22.4 Å². The van der Waals surface area contributed by atoms with Crippen LogP contribution in [0, 0.1) is 5.92 Å². The van der Waals surface area contributed by atoms with E-state index in [9.17, 15) is 4.79 Å². The number of rotatable bonds is 6. The first-order chi connectivity index (χ1) is 11.7. The maximum Gasteiger partial charge on any atom is 0.330 e. The second-order valence-electron chi connectivity index (χ2n) is 6.72. The molecule has 0 unspecified atom stereocenters. The summed E-state index contributed by atoms with van der Waals surface area (Å²) >= 11 is 0. The van der Waals surface area contributed by atoms with E-state index in [1.165, 1.54) is 43.7 Å². The van der Waals surface area contributed by atoms with Crippen molar-refractivity contribution in [2.45, 2.75) is 32.1 Å². The maximum atomic E-state index is 11.1. The average Bonchev–Trinajstić information content (AvgIpc) is 3.07. The van der Waals surface area contributed by atoms with E-state index in [0.29, 0.717) is 0 Å². The molecule has 5 heteroatoms. The first kappa shape index (κ1) is 17.0. The summed E-state index contributed by atoms with van der Waals surface area (Å²) in [6, 6.07) is 4.43. The van der Waals surface area contributed by atoms with Crippen LogP contribution in [0.25, 0.3) is 0 Å². The Balaban J connectivity index is 1.43. The van der Waals surface area contributed by atoms with Crippen LogP contribution < -0.4 is 5.32 Å². The lowest BCUT2D eigenvalue weighted by Crippen LogP contribution is -2.21. The monoisotopic (exact) mass is 329 g/mol. The Morgan fingerprint density at radius 3 is 3.29 bits per heavy atom. The average molecular weight is 329 g/mol. The fourth-order valence-electron chi connectivity index (χ4n) is 3.54. The van der Waals surface area contributed by atoms with Crippen molar-refractivity contribution >= 4 is 11.8 Å². The summed E-state index contributed by atoms with van der Waals surface area (Å²) in [5.74, 6) is 1.54. The Morgan fingerprint density at radius 1 is 1.50 bits per heavy atom. The number of aromatic nitrogens is 1. The highest BCUT2D eigenvalue weighted by Gasteiger charge is 2.21. The van der Waals surface area contributed by atoms with E-state index >= 15 is 0 Å². The molecule has 130 valence electrons. The molecule has 0 aromatic carbocycles. The van der Waals surface area contributed by atoms with Gasteiger partial charge in [-0.3, -0.25) is 4.90 Å². The number of hydrogen-bond acceptors (Lipinski definition) is 5. The van der Waals surface area contributed by atoms with Crippen LogP contribution in [0.3, 0.4) is 0 Å². The number of nitrogens with zero attached hydrogens (tertiary/aromatic N) is 2. The van der Waals surface area contributed by atoms with E-state index in [1.54, 1.807) is 0 Å². The molecule has 1 N–H and O–H groups in total. The fourth-order valence-corrected chi connectivity index (χ4v) is 3.54. The van der Waals surface area contributed by atoms with E-state index in [-0.39, 0.29) is 5.97 Å². The number of carbonyl (C=O) groups excluding carboxylic acids is 1. The van der Waals surface area contributed by atoms with Crippen molar-refractivity contribution in [2.75, 3.05) is 38.6 Å². The van der Waals surface area contributed by atoms with Gasteiger partial charge in [0.25, 0.3) is 0 Å². The molecule has 1 saturated heterocycles. The van der Waals surface area contributed by atoms with E-state index in [4.69, 9.17) is 4.98 Å². The Morgan fingerprint density at radius 2 is 2.42 bits per heavy atom. The number of methoxy groups -OCH3 is 1. The minimum atomic E-state index is -0.280. The van der Waals surface area contributed by atoms with Crippen molar-refractivity contribution in [3.05, 3.63) is 35.5 Å². The highest BCUT2D eigenvalue weighted by Crippen LogP contribution is 2.23. The Kier molecular flexibility index (Phi) is 5.86. The van der Waals surface area contributed by atoms with Crippen LogP contribution >= 0.6 is 0 Å². The summed E-state index contributed by atoms with van der Waals surface area (Å²) in [4.78, 5) is 18.3. The molecular formula is C19H27N3O2. The molecule has 0 aliphatic carbocycles. The molecule has 1 aromatic heterocycles. The lowest BCUT2D eigenvalue weighted by molar-refractivity contribution is -0.134. The number of anilines is 1. The smallest absolute Gasteiger partial charge is 0.330 e. The number of ether oxygens (including phenoxy) is 1. The first-order valence-electron chi connectivity index (χ1n) is 8.94. The van der Waals surface area contributed by atoms with Gasteiger partial charge in [-0.25, -0.2) is 9.78 Å². The molecule has 0 spiro atoms. The predicted octanol–water partition coefficient (Wildman–Crippen LogP) is 2.42. The zero-order valence-electron chi connectivity index (χ0n) is 14.5. The highest BCUT2D eigenvalue weighted by atomic mass is 16.5. The van der Waals surface area contributed by atoms with Gasteiger partial charge in [-0.05, 0) is 56.2 Å². The minimum Gasteiger partial charge on any atom is -0.466 e. The molecule has 5 nitrogen and oxygen atoms in total. The van der Waals surface area contributed by atoms with E-state index < -0.39 is 0 Å². The summed E-state index contributed by atoms with van der Waals surface area (Å²) in [5.41, 5.74) is 2.56. The Labute approximate surface area is 144 Å². The van der Waals surface area contributed by atoms with Crippen LogP contribution in [0.1, 0.15) is 30.5 Å². The van der Waals surface area contributed by atoms with Crippen molar-refractivity contribution in [3.8, 4) is 0 Å². The molecule has 1 fully saturated rings. The molecule has 24 heavy (non-hydrogen) atoms. The number of hydrogen-bond donors (Lipinski definition) is 1. The first-order valence-corrected chi connectivity index (χ1v) is 8.94. The molecule has 2 aliphatic rings. The van der Waals surface area contributed by atoms with Crippen LogP contribution in [0.4, 0.5) is 5.82 Å². The quantitative estimate of drug-likeness (QED) is 0.642. The minimum absolute atomic E-state index is 0.280. The van der Waals surface area contributed by atoms with Gasteiger partial charge in [-0.15, -0.1) is 0 Å². The number of esters is 1. The van der Waals surface area contributed by atoms with Crippen molar-refractivity contribution in [3.63, 3.8) is 0 Å². The third-order valence-electron chi connectivity index (χ3n) is 4.95. The summed E-state index contributed by atoms with van der Waals surface area (Å²) in [6.45, 7) is 4.08. The molecule has 2 aliphatic heterocycles. The molecule has 1 atom stereocenters. The topological polar surface area (TPSA) is 54.5 Å². The van der Waals surface area contributed by atoms with Crippen LogP contribution in [0.2, 0.25) is 0 Å². The SMILES string of the molecule is COC(=O)/C=C/CN1CC[C@@H](CCc2ccc3c(n2)NCCC3)C1. The summed E-state index contributed by atoms with van der Waals surface area (Å²) in [5, 5.41) is 3.41. The van der Waals surface area contributed by atoms with Crippen molar-refractivity contribution in [2.24, 2.45) is 5.92 Å². The third kappa shape index (κ3) is 4.57. The van der Waals surface area contributed by atoms with Crippen LogP contribution in [0.5, 0.6) is 0 Å². The number of pyridine rings is 1. The zero-order valence-corrected chi connectivity index (χ0v) is 14.5. The van der Waals surface area contributed by atoms with Crippen LogP contribution in [-0.4, -0.2) is 49.1 Å². The lowest BCUT2D eigenvalue weighted by Gasteiger charge is -2.18. The summed E-state index contributed by atoms with van der Waals surface area (Å²) in [6.07, 6.45) is 9.22. The highest BCUT2D eigenvalue weighted by molar-refractivity contribution is 5.81. The zero-order chi connectivity index (χ0) is 16.8. The largest absolute Gasteiger partial charge is 0.466 e. The molecular weight excluding hydrogens is 302 g/mol. The van der Waals surface area contributed by atoms with E-state index in [0.717, 1.165) is 50.8 Å². The molecule has 0 amide bonds. The third-order valence-corrected chi connectivity index (χ3v) is 4.95. The van der Waals surface area contributed by atoms with Gasteiger partial charge in [0.2, 0.25) is 0 Å². The van der Waals surface area contributed by atoms with Gasteiger partial charge in [0.1, 0.15) is 5.82 Å². The molecule has 3 heterocycles. The van der Waals surface area contributed by atoms with Gasteiger partial charge in [0.05, 0.1) is 7.11 Å². The van der Waals surface area contributed by atoms with Crippen LogP contribution in [0.15, 0.2) is 24.3 Å². The number of carbonyl (C=O) groups is 1. The molecule has 0 radical (unpaired) electrons. The molecule has 0 bridgehead atoms. The Hall–Kier alpha value is -1.88. The maximum absolute atomic E-state index is 11.1. The molecule has 0 saturated carbocycles. The number of fused-ring (bicyclic) bond motifs is 1. The molecule has 1 aromatic rings. The van der Waals surface area contributed by atoms with Gasteiger partial charge >= 0.3 is 5.97 Å².